The van der Waals surface area contributed by atoms with Crippen LogP contribution < -0.4 is 25.3 Å². The summed E-state index contributed by atoms with van der Waals surface area (Å²) in [4.78, 5) is 32.1. The summed E-state index contributed by atoms with van der Waals surface area (Å²) in [5.41, 5.74) is 2.94. The number of methoxy groups -OCH3 is 1. The van der Waals surface area contributed by atoms with Crippen LogP contribution in [0.3, 0.4) is 0 Å². The van der Waals surface area contributed by atoms with Crippen molar-refractivity contribution in [2.75, 3.05) is 73.7 Å². The summed E-state index contributed by atoms with van der Waals surface area (Å²) in [6.45, 7) is 9.30. The van der Waals surface area contributed by atoms with Gasteiger partial charge in [0.05, 0.1) is 55.1 Å². The van der Waals surface area contributed by atoms with Crippen LogP contribution in [0.5, 0.6) is 5.75 Å². The zero-order valence-corrected chi connectivity index (χ0v) is 25.9. The lowest BCUT2D eigenvalue weighted by Crippen LogP contribution is -2.49. The van der Waals surface area contributed by atoms with Gasteiger partial charge < -0.3 is 25.0 Å². The number of hydrogen-bond donors (Lipinski definition) is 2. The third-order valence-electron chi connectivity index (χ3n) is 8.50. The highest BCUT2D eigenvalue weighted by molar-refractivity contribution is 6.30. The van der Waals surface area contributed by atoms with Crippen LogP contribution in [0, 0.1) is 5.82 Å². The third kappa shape index (κ3) is 6.99. The molecule has 3 aliphatic heterocycles. The molecule has 1 amide bonds. The van der Waals surface area contributed by atoms with Crippen LogP contribution in [0.2, 0.25) is 5.02 Å². The normalized spacial score (nSPS) is 19.4. The Balaban J connectivity index is 1.24. The maximum Gasteiger partial charge on any atom is 0.247 e. The SMILES string of the molecule is C=CC(=O)Nc1cc(Nc2cc(N3OCC[C@@H]3c3ccc(F)c(Cl)c3)ncn2)c(OC)cc1N1CCC(N2CCOCC2)CC1. The van der Waals surface area contributed by atoms with E-state index in [1.807, 2.05) is 12.1 Å². The highest BCUT2D eigenvalue weighted by Crippen LogP contribution is 2.41. The topological polar surface area (TPSA) is 104 Å². The standard InChI is InChI=1S/C32H37ClFN7O4/c1-3-32(42)38-25-17-26(29(43-2)18-28(25)40-9-6-22(7-10-40)39-11-14-44-15-12-39)37-30-19-31(36-20-35-30)41-27(8-13-45-41)21-4-5-24(34)23(33)16-21/h3-5,16-20,22,27H,1,6-15H2,2H3,(H,38,42)(H,35,36,37)/t27-/m1/s1. The van der Waals surface area contributed by atoms with Gasteiger partial charge in [-0.2, -0.15) is 0 Å². The van der Waals surface area contributed by atoms with E-state index in [9.17, 15) is 9.18 Å². The molecule has 1 aromatic heterocycles. The van der Waals surface area contributed by atoms with Gasteiger partial charge in [-0.05, 0) is 42.7 Å². The number of piperidine rings is 1. The summed E-state index contributed by atoms with van der Waals surface area (Å²) < 4.78 is 25.2. The first-order chi connectivity index (χ1) is 21.9. The Morgan fingerprint density at radius 3 is 2.60 bits per heavy atom. The van der Waals surface area contributed by atoms with Crippen LogP contribution in [0.25, 0.3) is 0 Å². The highest BCUT2D eigenvalue weighted by atomic mass is 35.5. The largest absolute Gasteiger partial charge is 0.494 e. The van der Waals surface area contributed by atoms with Crippen molar-refractivity contribution in [1.82, 2.24) is 14.9 Å². The van der Waals surface area contributed by atoms with Gasteiger partial charge in [-0.1, -0.05) is 24.2 Å². The molecule has 4 heterocycles. The van der Waals surface area contributed by atoms with Crippen molar-refractivity contribution in [3.05, 3.63) is 71.8 Å². The molecule has 238 valence electrons. The van der Waals surface area contributed by atoms with Crippen molar-refractivity contribution < 1.29 is 23.5 Å². The van der Waals surface area contributed by atoms with Gasteiger partial charge in [-0.25, -0.2) is 19.4 Å². The van der Waals surface area contributed by atoms with Gasteiger partial charge in [-0.15, -0.1) is 0 Å². The summed E-state index contributed by atoms with van der Waals surface area (Å²) in [7, 11) is 1.61. The summed E-state index contributed by atoms with van der Waals surface area (Å²) in [5.74, 6) is 0.825. The second-order valence-electron chi connectivity index (χ2n) is 11.2. The molecule has 45 heavy (non-hydrogen) atoms. The number of nitrogens with zero attached hydrogens (tertiary/aromatic N) is 5. The fraction of sp³-hybridized carbons (Fsp3) is 0.406. The third-order valence-corrected chi connectivity index (χ3v) is 8.79. The van der Waals surface area contributed by atoms with Crippen LogP contribution in [-0.2, 0) is 14.4 Å². The predicted molar refractivity (Wildman–Crippen MR) is 172 cm³/mol. The van der Waals surface area contributed by atoms with E-state index in [2.05, 4.69) is 37.0 Å². The Hall–Kier alpha value is -3.97. The van der Waals surface area contributed by atoms with Crippen LogP contribution in [0.15, 0.2) is 55.4 Å². The van der Waals surface area contributed by atoms with Crippen molar-refractivity contribution >= 4 is 46.2 Å². The zero-order valence-electron chi connectivity index (χ0n) is 25.2. The molecular weight excluding hydrogens is 601 g/mol. The van der Waals surface area contributed by atoms with Crippen molar-refractivity contribution in [3.8, 4) is 5.75 Å². The lowest BCUT2D eigenvalue weighted by molar-refractivity contribution is -0.111. The van der Waals surface area contributed by atoms with Gasteiger partial charge >= 0.3 is 0 Å². The monoisotopic (exact) mass is 637 g/mol. The number of morpholine rings is 1. The van der Waals surface area contributed by atoms with E-state index < -0.39 is 5.82 Å². The number of anilines is 5. The molecule has 0 aliphatic carbocycles. The smallest absolute Gasteiger partial charge is 0.247 e. The Labute approximate surface area is 266 Å². The Morgan fingerprint density at radius 2 is 1.87 bits per heavy atom. The number of halogens is 2. The summed E-state index contributed by atoms with van der Waals surface area (Å²) >= 11 is 6.06. The molecule has 3 aromatic rings. The molecule has 0 spiro atoms. The number of benzene rings is 2. The first kappa shape index (κ1) is 31.0. The van der Waals surface area contributed by atoms with E-state index >= 15 is 0 Å². The van der Waals surface area contributed by atoms with E-state index in [0.29, 0.717) is 47.8 Å². The van der Waals surface area contributed by atoms with Gasteiger partial charge in [0.25, 0.3) is 0 Å². The van der Waals surface area contributed by atoms with Crippen LogP contribution in [-0.4, -0.2) is 79.9 Å². The lowest BCUT2D eigenvalue weighted by atomic mass is 10.0. The number of aromatic nitrogens is 2. The zero-order chi connectivity index (χ0) is 31.3. The van der Waals surface area contributed by atoms with Crippen LogP contribution >= 0.6 is 11.6 Å². The molecule has 2 N–H and O–H groups in total. The van der Waals surface area contributed by atoms with Crippen LogP contribution in [0.1, 0.15) is 30.9 Å². The molecule has 3 aliphatic rings. The van der Waals surface area contributed by atoms with E-state index in [4.69, 9.17) is 25.9 Å². The molecule has 13 heteroatoms. The van der Waals surface area contributed by atoms with Gasteiger partial charge in [0.15, 0.2) is 5.82 Å². The lowest BCUT2D eigenvalue weighted by Gasteiger charge is -2.41. The molecular formula is C32H37ClFN7O4. The molecule has 0 saturated carbocycles. The Kier molecular flexibility index (Phi) is 9.64. The predicted octanol–water partition coefficient (Wildman–Crippen LogP) is 5.33. The van der Waals surface area contributed by atoms with Gasteiger partial charge in [0, 0.05) is 50.8 Å². The van der Waals surface area contributed by atoms with Crippen molar-refractivity contribution in [2.24, 2.45) is 0 Å². The maximum atomic E-state index is 13.8. The van der Waals surface area contributed by atoms with Gasteiger partial charge in [-0.3, -0.25) is 14.5 Å². The minimum Gasteiger partial charge on any atom is -0.494 e. The van der Waals surface area contributed by atoms with E-state index in [1.165, 1.54) is 18.5 Å². The summed E-state index contributed by atoms with van der Waals surface area (Å²) in [5, 5.41) is 8.05. The van der Waals surface area contributed by atoms with Crippen molar-refractivity contribution in [3.63, 3.8) is 0 Å². The molecule has 0 bridgehead atoms. The first-order valence-electron chi connectivity index (χ1n) is 15.1. The molecule has 6 rings (SSSR count). The van der Waals surface area contributed by atoms with E-state index in [-0.39, 0.29) is 17.0 Å². The molecule has 0 unspecified atom stereocenters. The number of rotatable bonds is 9. The number of carbonyl (C=O) groups excluding carboxylic acids is 1. The molecule has 3 fully saturated rings. The average Bonchev–Trinajstić information content (AvgIpc) is 3.57. The van der Waals surface area contributed by atoms with E-state index in [1.54, 1.807) is 30.4 Å². The number of amides is 1. The van der Waals surface area contributed by atoms with Gasteiger partial charge in [0.2, 0.25) is 5.91 Å². The molecule has 1 atom stereocenters. The highest BCUT2D eigenvalue weighted by Gasteiger charge is 2.31. The van der Waals surface area contributed by atoms with Crippen molar-refractivity contribution in [1.29, 1.82) is 0 Å². The number of hydroxylamine groups is 1. The number of carbonyl (C=O) groups is 1. The fourth-order valence-corrected chi connectivity index (χ4v) is 6.38. The minimum absolute atomic E-state index is 0.0563. The Bertz CT molecular complexity index is 1530. The second-order valence-corrected chi connectivity index (χ2v) is 11.6. The van der Waals surface area contributed by atoms with Crippen molar-refractivity contribution in [2.45, 2.75) is 31.3 Å². The molecule has 11 nitrogen and oxygen atoms in total. The van der Waals surface area contributed by atoms with Crippen LogP contribution in [0.4, 0.5) is 33.1 Å². The molecule has 0 radical (unpaired) electrons. The first-order valence-corrected chi connectivity index (χ1v) is 15.5. The minimum atomic E-state index is -0.472. The Morgan fingerprint density at radius 1 is 1.07 bits per heavy atom. The second kappa shape index (κ2) is 14.0. The number of hydrogen-bond acceptors (Lipinski definition) is 10. The summed E-state index contributed by atoms with van der Waals surface area (Å²) in [6, 6.07) is 10.5. The molecule has 3 saturated heterocycles. The van der Waals surface area contributed by atoms with E-state index in [0.717, 1.165) is 63.5 Å². The average molecular weight is 638 g/mol. The fourth-order valence-electron chi connectivity index (χ4n) is 6.19. The van der Waals surface area contributed by atoms with Gasteiger partial charge in [0.1, 0.15) is 23.7 Å². The molecule has 2 aromatic carbocycles. The number of nitrogens with one attached hydrogen (secondary N) is 2. The maximum absolute atomic E-state index is 13.8. The quantitative estimate of drug-likeness (QED) is 0.299. The summed E-state index contributed by atoms with van der Waals surface area (Å²) in [6.07, 6.45) is 5.41. The number of ether oxygens (including phenoxy) is 2.